The fraction of sp³-hybridized carbons (Fsp3) is 0.176. The zero-order valence-corrected chi connectivity index (χ0v) is 14.0. The molecule has 3 aromatic rings. The van der Waals surface area contributed by atoms with Gasteiger partial charge in [-0.1, -0.05) is 0 Å². The Hall–Kier alpha value is -3.60. The SMILES string of the molecule is CNC(=O)Nc1cc(Oc2cnc(C#N)cc2C)cc2c1ncn2C. The summed E-state index contributed by atoms with van der Waals surface area (Å²) in [7, 11) is 3.40. The number of carbonyl (C=O) groups is 1. The lowest BCUT2D eigenvalue weighted by atomic mass is 10.2. The van der Waals surface area contributed by atoms with Gasteiger partial charge < -0.3 is 19.9 Å². The minimum atomic E-state index is -0.347. The molecule has 0 aliphatic rings. The molecule has 126 valence electrons. The highest BCUT2D eigenvalue weighted by Gasteiger charge is 2.13. The number of imidazole rings is 1. The van der Waals surface area contributed by atoms with Gasteiger partial charge in [0.05, 0.1) is 23.7 Å². The molecule has 8 nitrogen and oxygen atoms in total. The van der Waals surface area contributed by atoms with Crippen LogP contribution in [0.15, 0.2) is 30.7 Å². The maximum atomic E-state index is 11.7. The summed E-state index contributed by atoms with van der Waals surface area (Å²) in [6.45, 7) is 1.84. The largest absolute Gasteiger partial charge is 0.455 e. The smallest absolute Gasteiger partial charge is 0.319 e. The maximum absolute atomic E-state index is 11.7. The number of anilines is 1. The second kappa shape index (κ2) is 6.49. The summed E-state index contributed by atoms with van der Waals surface area (Å²) in [6, 6.07) is 6.82. The van der Waals surface area contributed by atoms with Crippen molar-refractivity contribution in [1.82, 2.24) is 19.9 Å². The molecule has 0 spiro atoms. The summed E-state index contributed by atoms with van der Waals surface area (Å²) in [5.74, 6) is 1.06. The van der Waals surface area contributed by atoms with Crippen LogP contribution in [0.2, 0.25) is 0 Å². The highest BCUT2D eigenvalue weighted by molar-refractivity contribution is 5.99. The number of rotatable bonds is 3. The molecule has 0 aliphatic carbocycles. The van der Waals surface area contributed by atoms with Crippen LogP contribution in [0.25, 0.3) is 11.0 Å². The molecule has 2 N–H and O–H groups in total. The molecule has 1 aromatic carbocycles. The number of pyridine rings is 1. The third kappa shape index (κ3) is 3.21. The minimum absolute atomic E-state index is 0.328. The highest BCUT2D eigenvalue weighted by Crippen LogP contribution is 2.32. The second-order valence-electron chi connectivity index (χ2n) is 5.45. The van der Waals surface area contributed by atoms with Crippen LogP contribution in [0, 0.1) is 18.3 Å². The van der Waals surface area contributed by atoms with Crippen molar-refractivity contribution in [3.63, 3.8) is 0 Å². The number of nitrogens with one attached hydrogen (secondary N) is 2. The number of aromatic nitrogens is 3. The van der Waals surface area contributed by atoms with Crippen molar-refractivity contribution in [2.24, 2.45) is 7.05 Å². The standard InChI is InChI=1S/C17H16N6O2/c1-10-4-11(7-18)20-8-15(10)25-12-5-13(22-17(24)19-2)16-14(6-12)23(3)9-21-16/h4-6,8-9H,1-3H3,(H2,19,22,24). The number of benzene rings is 1. The number of fused-ring (bicyclic) bond motifs is 1. The first-order valence-corrected chi connectivity index (χ1v) is 7.50. The van der Waals surface area contributed by atoms with Crippen molar-refractivity contribution < 1.29 is 9.53 Å². The van der Waals surface area contributed by atoms with E-state index in [9.17, 15) is 4.79 Å². The third-order valence-electron chi connectivity index (χ3n) is 3.68. The van der Waals surface area contributed by atoms with E-state index in [1.165, 1.54) is 13.2 Å². The molecule has 0 saturated carbocycles. The molecule has 0 atom stereocenters. The normalized spacial score (nSPS) is 10.3. The predicted molar refractivity (Wildman–Crippen MR) is 92.6 cm³/mol. The number of hydrogen-bond acceptors (Lipinski definition) is 5. The van der Waals surface area contributed by atoms with Gasteiger partial charge in [-0.2, -0.15) is 5.26 Å². The minimum Gasteiger partial charge on any atom is -0.455 e. The van der Waals surface area contributed by atoms with Crippen LogP contribution in [0.3, 0.4) is 0 Å². The van der Waals surface area contributed by atoms with Crippen molar-refractivity contribution in [2.45, 2.75) is 6.92 Å². The van der Waals surface area contributed by atoms with E-state index >= 15 is 0 Å². The second-order valence-corrected chi connectivity index (χ2v) is 5.45. The number of carbonyl (C=O) groups excluding carboxylic acids is 1. The number of nitrogens with zero attached hydrogens (tertiary/aromatic N) is 4. The average Bonchev–Trinajstić information content (AvgIpc) is 2.98. The molecule has 2 aromatic heterocycles. The van der Waals surface area contributed by atoms with Crippen molar-refractivity contribution in [1.29, 1.82) is 5.26 Å². The number of amides is 2. The molecule has 25 heavy (non-hydrogen) atoms. The molecular weight excluding hydrogens is 320 g/mol. The first kappa shape index (κ1) is 16.3. The Morgan fingerprint density at radius 1 is 1.32 bits per heavy atom. The molecule has 2 heterocycles. The van der Waals surface area contributed by atoms with E-state index in [2.05, 4.69) is 20.6 Å². The van der Waals surface area contributed by atoms with Crippen LogP contribution in [0.5, 0.6) is 11.5 Å². The van der Waals surface area contributed by atoms with Crippen LogP contribution >= 0.6 is 0 Å². The molecule has 0 radical (unpaired) electrons. The molecule has 0 unspecified atom stereocenters. The zero-order chi connectivity index (χ0) is 18.0. The van der Waals surface area contributed by atoms with Gasteiger partial charge in [0.15, 0.2) is 0 Å². The van der Waals surface area contributed by atoms with Crippen molar-refractivity contribution in [2.75, 3.05) is 12.4 Å². The Balaban J connectivity index is 2.03. The molecule has 2 amide bonds. The molecule has 0 bridgehead atoms. The molecular formula is C17H16N6O2. The van der Waals surface area contributed by atoms with E-state index in [1.54, 1.807) is 18.5 Å². The molecule has 8 heteroatoms. The lowest BCUT2D eigenvalue weighted by Gasteiger charge is -2.12. The van der Waals surface area contributed by atoms with Crippen LogP contribution in [-0.4, -0.2) is 27.6 Å². The summed E-state index contributed by atoms with van der Waals surface area (Å²) >= 11 is 0. The summed E-state index contributed by atoms with van der Waals surface area (Å²) in [4.78, 5) is 20.0. The number of ether oxygens (including phenoxy) is 1. The lowest BCUT2D eigenvalue weighted by molar-refractivity contribution is 0.254. The first-order chi connectivity index (χ1) is 12.0. The molecule has 3 rings (SSSR count). The highest BCUT2D eigenvalue weighted by atomic mass is 16.5. The monoisotopic (exact) mass is 336 g/mol. The van der Waals surface area contributed by atoms with E-state index in [0.717, 1.165) is 11.1 Å². The van der Waals surface area contributed by atoms with E-state index in [-0.39, 0.29) is 6.03 Å². The molecule has 0 fully saturated rings. The Bertz CT molecular complexity index is 1000. The first-order valence-electron chi connectivity index (χ1n) is 7.50. The van der Waals surface area contributed by atoms with Crippen LogP contribution in [0.1, 0.15) is 11.3 Å². The Morgan fingerprint density at radius 3 is 2.80 bits per heavy atom. The Kier molecular flexibility index (Phi) is 4.22. The van der Waals surface area contributed by atoms with Gasteiger partial charge in [0.1, 0.15) is 28.8 Å². The summed E-state index contributed by atoms with van der Waals surface area (Å²) in [5, 5.41) is 14.2. The fourth-order valence-electron chi connectivity index (χ4n) is 2.38. The topological polar surface area (TPSA) is 105 Å². The van der Waals surface area contributed by atoms with E-state index in [0.29, 0.717) is 28.4 Å². The summed E-state index contributed by atoms with van der Waals surface area (Å²) < 4.78 is 7.75. The fourth-order valence-corrected chi connectivity index (χ4v) is 2.38. The summed E-state index contributed by atoms with van der Waals surface area (Å²) in [6.07, 6.45) is 3.17. The number of urea groups is 1. The van der Waals surface area contributed by atoms with Gasteiger partial charge in [-0.05, 0) is 18.6 Å². The van der Waals surface area contributed by atoms with Crippen molar-refractivity contribution >= 4 is 22.8 Å². The third-order valence-corrected chi connectivity index (χ3v) is 3.68. The van der Waals surface area contributed by atoms with Crippen LogP contribution in [-0.2, 0) is 7.05 Å². The van der Waals surface area contributed by atoms with Crippen LogP contribution in [0.4, 0.5) is 10.5 Å². The van der Waals surface area contributed by atoms with Crippen molar-refractivity contribution in [3.8, 4) is 17.6 Å². The Morgan fingerprint density at radius 2 is 2.12 bits per heavy atom. The summed E-state index contributed by atoms with van der Waals surface area (Å²) in [5.41, 5.74) is 3.12. The predicted octanol–water partition coefficient (Wildman–Crippen LogP) is 2.69. The number of hydrogen-bond donors (Lipinski definition) is 2. The van der Waals surface area contributed by atoms with E-state index in [1.807, 2.05) is 30.7 Å². The van der Waals surface area contributed by atoms with E-state index in [4.69, 9.17) is 10.00 Å². The van der Waals surface area contributed by atoms with E-state index < -0.39 is 0 Å². The average molecular weight is 336 g/mol. The van der Waals surface area contributed by atoms with Gasteiger partial charge in [-0.15, -0.1) is 0 Å². The quantitative estimate of drug-likeness (QED) is 0.765. The lowest BCUT2D eigenvalue weighted by Crippen LogP contribution is -2.24. The maximum Gasteiger partial charge on any atom is 0.319 e. The zero-order valence-electron chi connectivity index (χ0n) is 14.0. The number of aryl methyl sites for hydroxylation is 2. The van der Waals surface area contributed by atoms with Gasteiger partial charge in [0.25, 0.3) is 0 Å². The van der Waals surface area contributed by atoms with Crippen molar-refractivity contribution in [3.05, 3.63) is 42.0 Å². The Labute approximate surface area is 144 Å². The number of nitriles is 1. The van der Waals surface area contributed by atoms with Gasteiger partial charge in [-0.3, -0.25) is 0 Å². The van der Waals surface area contributed by atoms with Gasteiger partial charge >= 0.3 is 6.03 Å². The van der Waals surface area contributed by atoms with Crippen LogP contribution < -0.4 is 15.4 Å². The molecule has 0 aliphatic heterocycles. The van der Waals surface area contributed by atoms with Gasteiger partial charge in [-0.25, -0.2) is 14.8 Å². The van der Waals surface area contributed by atoms with Gasteiger partial charge in [0.2, 0.25) is 0 Å². The molecule has 0 saturated heterocycles. The van der Waals surface area contributed by atoms with Gasteiger partial charge in [0, 0.05) is 26.2 Å².